The van der Waals surface area contributed by atoms with Crippen molar-refractivity contribution in [2.75, 3.05) is 4.90 Å². The smallest absolute Gasteiger partial charge is 0.326 e. The second kappa shape index (κ2) is 5.66. The Balaban J connectivity index is 2.56. The van der Waals surface area contributed by atoms with Gasteiger partial charge in [0, 0.05) is 11.2 Å². The Morgan fingerprint density at radius 2 is 2.19 bits per heavy atom. The highest BCUT2D eigenvalue weighted by atomic mass is 19.1. The van der Waals surface area contributed by atoms with Crippen LogP contribution in [-0.4, -0.2) is 22.7 Å². The number of hydrogen-bond acceptors (Lipinski definition) is 2. The fourth-order valence-corrected chi connectivity index (χ4v) is 3.65. The maximum absolute atomic E-state index is 13.6. The number of carboxylic acid groups (broad SMARTS) is 1. The molecule has 3 nitrogen and oxygen atoms in total. The van der Waals surface area contributed by atoms with Gasteiger partial charge < -0.3 is 10.0 Å². The van der Waals surface area contributed by atoms with Crippen molar-refractivity contribution in [3.63, 3.8) is 0 Å². The number of benzene rings is 1. The monoisotopic (exact) mass is 293 g/mol. The third-order valence-electron chi connectivity index (χ3n) is 4.40. The first kappa shape index (κ1) is 15.8. The minimum Gasteiger partial charge on any atom is -0.480 e. The van der Waals surface area contributed by atoms with Crippen LogP contribution in [0, 0.1) is 5.82 Å². The van der Waals surface area contributed by atoms with Crippen LogP contribution in [0.1, 0.15) is 58.4 Å². The summed E-state index contributed by atoms with van der Waals surface area (Å²) in [6, 6.07) is 4.13. The number of aliphatic carboxylic acids is 1. The highest BCUT2D eigenvalue weighted by molar-refractivity contribution is 5.80. The van der Waals surface area contributed by atoms with E-state index in [2.05, 4.69) is 20.8 Å². The van der Waals surface area contributed by atoms with E-state index < -0.39 is 12.0 Å². The summed E-state index contributed by atoms with van der Waals surface area (Å²) in [5.74, 6) is -0.851. The summed E-state index contributed by atoms with van der Waals surface area (Å²) >= 11 is 0. The lowest BCUT2D eigenvalue weighted by Crippen LogP contribution is -2.56. The minimum absolute atomic E-state index is 0.220. The molecule has 0 amide bonds. The van der Waals surface area contributed by atoms with Crippen LogP contribution in [0.3, 0.4) is 0 Å². The van der Waals surface area contributed by atoms with Crippen LogP contribution in [0.15, 0.2) is 18.2 Å². The Labute approximate surface area is 125 Å². The van der Waals surface area contributed by atoms with Gasteiger partial charge in [0.05, 0.1) is 0 Å². The average Bonchev–Trinajstić information content (AvgIpc) is 2.37. The highest BCUT2D eigenvalue weighted by Gasteiger charge is 2.42. The van der Waals surface area contributed by atoms with Crippen LogP contribution in [-0.2, 0) is 4.79 Å². The van der Waals surface area contributed by atoms with E-state index in [9.17, 15) is 14.3 Å². The molecule has 0 radical (unpaired) electrons. The van der Waals surface area contributed by atoms with Gasteiger partial charge in [-0.05, 0) is 56.4 Å². The topological polar surface area (TPSA) is 40.5 Å². The molecule has 2 atom stereocenters. The van der Waals surface area contributed by atoms with Gasteiger partial charge in [-0.1, -0.05) is 20.3 Å². The third-order valence-corrected chi connectivity index (χ3v) is 4.40. The molecule has 2 unspecified atom stereocenters. The number of nitrogens with zero attached hydrogens (tertiary/aromatic N) is 1. The van der Waals surface area contributed by atoms with Gasteiger partial charge in [0.2, 0.25) is 0 Å². The van der Waals surface area contributed by atoms with E-state index in [0.29, 0.717) is 6.42 Å². The van der Waals surface area contributed by atoms with Crippen LogP contribution >= 0.6 is 0 Å². The van der Waals surface area contributed by atoms with E-state index in [1.54, 1.807) is 12.1 Å². The van der Waals surface area contributed by atoms with Crippen LogP contribution in [0.5, 0.6) is 0 Å². The van der Waals surface area contributed by atoms with Gasteiger partial charge in [0.15, 0.2) is 0 Å². The van der Waals surface area contributed by atoms with Crippen molar-refractivity contribution in [1.82, 2.24) is 0 Å². The maximum Gasteiger partial charge on any atom is 0.326 e. The quantitative estimate of drug-likeness (QED) is 0.905. The summed E-state index contributed by atoms with van der Waals surface area (Å²) in [5, 5.41) is 9.62. The zero-order chi connectivity index (χ0) is 15.8. The van der Waals surface area contributed by atoms with E-state index in [4.69, 9.17) is 0 Å². The minimum atomic E-state index is -0.810. The molecule has 2 rings (SSSR count). The molecule has 0 aliphatic carbocycles. The Morgan fingerprint density at radius 1 is 1.52 bits per heavy atom. The summed E-state index contributed by atoms with van der Waals surface area (Å²) in [7, 11) is 0. The molecule has 116 valence electrons. The van der Waals surface area contributed by atoms with Gasteiger partial charge in [-0.3, -0.25) is 0 Å². The third kappa shape index (κ3) is 2.89. The normalized spacial score (nSPS) is 21.8. The number of carboxylic acids is 1. The molecule has 4 heteroatoms. The molecule has 0 fully saturated rings. The summed E-state index contributed by atoms with van der Waals surface area (Å²) in [4.78, 5) is 13.7. The Kier molecular flexibility index (Phi) is 4.26. The number of rotatable bonds is 4. The lowest BCUT2D eigenvalue weighted by atomic mass is 9.78. The van der Waals surface area contributed by atoms with Gasteiger partial charge >= 0.3 is 5.97 Å². The largest absolute Gasteiger partial charge is 0.480 e. The van der Waals surface area contributed by atoms with Gasteiger partial charge in [0.1, 0.15) is 11.9 Å². The van der Waals surface area contributed by atoms with Gasteiger partial charge in [0.25, 0.3) is 0 Å². The van der Waals surface area contributed by atoms with E-state index in [-0.39, 0.29) is 17.3 Å². The Hall–Kier alpha value is -1.58. The lowest BCUT2D eigenvalue weighted by molar-refractivity contribution is -0.139. The SMILES string of the molecule is CCCC(C(=O)O)N1c2ccc(F)cc2C(C)CC1(C)C. The van der Waals surface area contributed by atoms with Gasteiger partial charge in [-0.2, -0.15) is 0 Å². The van der Waals surface area contributed by atoms with Gasteiger partial charge in [-0.25, -0.2) is 9.18 Å². The van der Waals surface area contributed by atoms with Crippen molar-refractivity contribution in [3.05, 3.63) is 29.6 Å². The van der Waals surface area contributed by atoms with Crippen molar-refractivity contribution in [2.24, 2.45) is 0 Å². The second-order valence-corrected chi connectivity index (χ2v) is 6.63. The number of anilines is 1. The maximum atomic E-state index is 13.6. The standard InChI is InChI=1S/C17H24FNO2/c1-5-6-15(16(20)21)19-14-8-7-12(18)9-13(14)11(2)10-17(19,3)4/h7-9,11,15H,5-6,10H2,1-4H3,(H,20,21). The molecule has 21 heavy (non-hydrogen) atoms. The Morgan fingerprint density at radius 3 is 2.76 bits per heavy atom. The van der Waals surface area contributed by atoms with E-state index in [0.717, 1.165) is 24.1 Å². The molecule has 1 heterocycles. The average molecular weight is 293 g/mol. The van der Waals surface area contributed by atoms with Crippen molar-refractivity contribution in [3.8, 4) is 0 Å². The molecule has 0 bridgehead atoms. The summed E-state index contributed by atoms with van der Waals surface area (Å²) in [6.07, 6.45) is 2.20. The summed E-state index contributed by atoms with van der Waals surface area (Å²) in [5.41, 5.74) is 1.51. The fraction of sp³-hybridized carbons (Fsp3) is 0.588. The van der Waals surface area contributed by atoms with Crippen molar-refractivity contribution in [1.29, 1.82) is 0 Å². The number of hydrogen-bond donors (Lipinski definition) is 1. The molecule has 1 aromatic carbocycles. The molecular formula is C17H24FNO2. The number of fused-ring (bicyclic) bond motifs is 1. The first-order valence-corrected chi connectivity index (χ1v) is 7.59. The van der Waals surface area contributed by atoms with Crippen molar-refractivity contribution < 1.29 is 14.3 Å². The summed E-state index contributed by atoms with van der Waals surface area (Å²) < 4.78 is 13.6. The van der Waals surface area contributed by atoms with Crippen LogP contribution in [0.25, 0.3) is 0 Å². The lowest BCUT2D eigenvalue weighted by Gasteiger charge is -2.50. The Bertz CT molecular complexity index is 542. The zero-order valence-electron chi connectivity index (χ0n) is 13.2. The second-order valence-electron chi connectivity index (χ2n) is 6.63. The molecule has 0 saturated heterocycles. The molecule has 1 aliphatic rings. The molecule has 1 aromatic rings. The predicted octanol–water partition coefficient (Wildman–Crippen LogP) is 4.17. The first-order valence-electron chi connectivity index (χ1n) is 7.59. The van der Waals surface area contributed by atoms with Crippen LogP contribution < -0.4 is 4.90 Å². The van der Waals surface area contributed by atoms with Crippen molar-refractivity contribution >= 4 is 11.7 Å². The van der Waals surface area contributed by atoms with E-state index >= 15 is 0 Å². The van der Waals surface area contributed by atoms with Crippen LogP contribution in [0.2, 0.25) is 0 Å². The fourth-order valence-electron chi connectivity index (χ4n) is 3.65. The number of halogens is 1. The van der Waals surface area contributed by atoms with Crippen molar-refractivity contribution in [2.45, 2.75) is 64.5 Å². The first-order chi connectivity index (χ1) is 9.77. The molecular weight excluding hydrogens is 269 g/mol. The highest BCUT2D eigenvalue weighted by Crippen LogP contribution is 2.45. The molecule has 0 saturated carbocycles. The predicted molar refractivity (Wildman–Crippen MR) is 82.3 cm³/mol. The molecule has 0 aromatic heterocycles. The molecule has 1 N–H and O–H groups in total. The van der Waals surface area contributed by atoms with Crippen LogP contribution in [0.4, 0.5) is 10.1 Å². The van der Waals surface area contributed by atoms with Gasteiger partial charge in [-0.15, -0.1) is 0 Å². The van der Waals surface area contributed by atoms with E-state index in [1.165, 1.54) is 6.07 Å². The summed E-state index contributed by atoms with van der Waals surface area (Å²) in [6.45, 7) is 8.21. The van der Waals surface area contributed by atoms with E-state index in [1.807, 2.05) is 11.8 Å². The molecule has 1 aliphatic heterocycles. The zero-order valence-corrected chi connectivity index (χ0v) is 13.2. The number of carbonyl (C=O) groups is 1. The molecule has 0 spiro atoms.